The van der Waals surface area contributed by atoms with Gasteiger partial charge in [0.05, 0.1) is 5.92 Å². The number of carbonyl (C=O) groups excluding carboxylic acids is 1. The van der Waals surface area contributed by atoms with E-state index in [4.69, 9.17) is 4.74 Å². The second-order valence-electron chi connectivity index (χ2n) is 8.16. The molecule has 3 atom stereocenters. The van der Waals surface area contributed by atoms with Crippen molar-refractivity contribution in [2.75, 3.05) is 0 Å². The third kappa shape index (κ3) is 7.89. The van der Waals surface area contributed by atoms with Crippen molar-refractivity contribution < 1.29 is 9.53 Å². The van der Waals surface area contributed by atoms with Crippen LogP contribution in [0.5, 0.6) is 0 Å². The van der Waals surface area contributed by atoms with Gasteiger partial charge in [-0.05, 0) is 36.5 Å². The molecule has 3 rings (SSSR count). The summed E-state index contributed by atoms with van der Waals surface area (Å²) in [6.45, 7) is 6.25. The van der Waals surface area contributed by atoms with Gasteiger partial charge in [0.2, 0.25) is 0 Å². The summed E-state index contributed by atoms with van der Waals surface area (Å²) in [4.78, 5) is 13.3. The van der Waals surface area contributed by atoms with E-state index in [1.54, 1.807) is 0 Å². The molecule has 3 aromatic carbocycles. The first kappa shape index (κ1) is 24.2. The summed E-state index contributed by atoms with van der Waals surface area (Å²) in [5.74, 6) is -0.533. The minimum Gasteiger partial charge on any atom is -0.461 e. The molecule has 170 valence electrons. The third-order valence-electron chi connectivity index (χ3n) is 5.68. The molecule has 0 aliphatic heterocycles. The minimum absolute atomic E-state index is 0.0739. The van der Waals surface area contributed by atoms with E-state index in [9.17, 15) is 4.79 Å². The van der Waals surface area contributed by atoms with Gasteiger partial charge in [0.25, 0.3) is 0 Å². The van der Waals surface area contributed by atoms with Crippen LogP contribution in [-0.2, 0) is 16.1 Å². The summed E-state index contributed by atoms with van der Waals surface area (Å²) in [7, 11) is 0. The molecule has 0 bridgehead atoms. The SMILES string of the molecule is C=CCC[C@H](C(=O)OCc1ccccc1)[C@H](/C=C/c1ccccc1)N[C@H](C)c1ccccc1. The summed E-state index contributed by atoms with van der Waals surface area (Å²) < 4.78 is 5.76. The molecule has 0 aliphatic carbocycles. The molecule has 3 heteroatoms. The molecular formula is C30H33NO2. The lowest BCUT2D eigenvalue weighted by Gasteiger charge is -2.28. The van der Waals surface area contributed by atoms with E-state index < -0.39 is 0 Å². The summed E-state index contributed by atoms with van der Waals surface area (Å²) in [6.07, 6.45) is 7.42. The van der Waals surface area contributed by atoms with Crippen LogP contribution in [-0.4, -0.2) is 12.0 Å². The largest absolute Gasteiger partial charge is 0.461 e. The van der Waals surface area contributed by atoms with Crippen LogP contribution in [0.2, 0.25) is 0 Å². The predicted molar refractivity (Wildman–Crippen MR) is 136 cm³/mol. The Morgan fingerprint density at radius 2 is 1.55 bits per heavy atom. The van der Waals surface area contributed by atoms with Crippen molar-refractivity contribution in [2.45, 2.75) is 38.5 Å². The van der Waals surface area contributed by atoms with Gasteiger partial charge in [-0.2, -0.15) is 0 Å². The average molecular weight is 440 g/mol. The summed E-state index contributed by atoms with van der Waals surface area (Å²) in [5.41, 5.74) is 3.25. The van der Waals surface area contributed by atoms with Gasteiger partial charge in [0.15, 0.2) is 0 Å². The molecule has 0 amide bonds. The molecular weight excluding hydrogens is 406 g/mol. The lowest BCUT2D eigenvalue weighted by Crippen LogP contribution is -2.40. The van der Waals surface area contributed by atoms with Gasteiger partial charge in [-0.15, -0.1) is 6.58 Å². The van der Waals surface area contributed by atoms with Crippen LogP contribution in [0.4, 0.5) is 0 Å². The number of hydrogen-bond acceptors (Lipinski definition) is 3. The normalized spacial score (nSPS) is 13.8. The molecule has 0 heterocycles. The third-order valence-corrected chi connectivity index (χ3v) is 5.68. The van der Waals surface area contributed by atoms with Gasteiger partial charge in [0, 0.05) is 12.1 Å². The van der Waals surface area contributed by atoms with E-state index in [-0.39, 0.29) is 30.6 Å². The van der Waals surface area contributed by atoms with Gasteiger partial charge in [-0.3, -0.25) is 4.79 Å². The molecule has 0 aliphatic rings. The topological polar surface area (TPSA) is 38.3 Å². The number of carbonyl (C=O) groups is 1. The Kier molecular flexibility index (Phi) is 9.68. The molecule has 3 aromatic rings. The minimum atomic E-state index is -0.335. The van der Waals surface area contributed by atoms with Gasteiger partial charge in [0.1, 0.15) is 6.61 Å². The first-order valence-corrected chi connectivity index (χ1v) is 11.5. The monoisotopic (exact) mass is 439 g/mol. The van der Waals surface area contributed by atoms with E-state index in [2.05, 4.69) is 55.2 Å². The van der Waals surface area contributed by atoms with Crippen LogP contribution >= 0.6 is 0 Å². The fourth-order valence-electron chi connectivity index (χ4n) is 3.79. The number of ether oxygens (including phenoxy) is 1. The van der Waals surface area contributed by atoms with E-state index >= 15 is 0 Å². The van der Waals surface area contributed by atoms with E-state index in [0.29, 0.717) is 6.42 Å². The Hall–Kier alpha value is -3.43. The first-order chi connectivity index (χ1) is 16.2. The Labute approximate surface area is 197 Å². The fraction of sp³-hybridized carbons (Fsp3) is 0.233. The number of esters is 1. The number of allylic oxidation sites excluding steroid dienone is 1. The lowest BCUT2D eigenvalue weighted by atomic mass is 9.92. The van der Waals surface area contributed by atoms with Crippen LogP contribution in [0.3, 0.4) is 0 Å². The zero-order valence-corrected chi connectivity index (χ0v) is 19.3. The highest BCUT2D eigenvalue weighted by Gasteiger charge is 2.29. The standard InChI is InChI=1S/C30H33NO2/c1-3-4-20-28(30(32)33-23-26-16-10-6-11-17-26)29(22-21-25-14-8-5-9-15-25)31-24(2)27-18-12-7-13-19-27/h3,5-19,21-22,24,28-29,31H,1,4,20,23H2,2H3/b22-21+/t24-,28+,29+/m1/s1. The Morgan fingerprint density at radius 1 is 0.939 bits per heavy atom. The molecule has 0 spiro atoms. The lowest BCUT2D eigenvalue weighted by molar-refractivity contribution is -0.150. The summed E-state index contributed by atoms with van der Waals surface area (Å²) >= 11 is 0. The van der Waals surface area contributed by atoms with E-state index in [0.717, 1.165) is 17.5 Å². The van der Waals surface area contributed by atoms with Crippen LogP contribution in [0.1, 0.15) is 42.5 Å². The second-order valence-corrected chi connectivity index (χ2v) is 8.16. The van der Waals surface area contributed by atoms with Crippen LogP contribution in [0.25, 0.3) is 6.08 Å². The molecule has 1 N–H and O–H groups in total. The van der Waals surface area contributed by atoms with Crippen molar-refractivity contribution in [1.82, 2.24) is 5.32 Å². The number of hydrogen-bond donors (Lipinski definition) is 1. The quantitative estimate of drug-likeness (QED) is 0.251. The van der Waals surface area contributed by atoms with Gasteiger partial charge in [-0.25, -0.2) is 0 Å². The molecule has 0 saturated heterocycles. The van der Waals surface area contributed by atoms with E-state index in [1.165, 1.54) is 5.56 Å². The number of nitrogens with one attached hydrogen (secondary N) is 1. The molecule has 0 saturated carbocycles. The Bertz CT molecular complexity index is 999. The zero-order chi connectivity index (χ0) is 23.3. The highest BCUT2D eigenvalue weighted by Crippen LogP contribution is 2.22. The molecule has 0 radical (unpaired) electrons. The van der Waals surface area contributed by atoms with Crippen molar-refractivity contribution in [3.8, 4) is 0 Å². The van der Waals surface area contributed by atoms with Gasteiger partial charge in [-0.1, -0.05) is 109 Å². The van der Waals surface area contributed by atoms with Crippen molar-refractivity contribution in [3.05, 3.63) is 126 Å². The molecule has 0 aromatic heterocycles. The zero-order valence-electron chi connectivity index (χ0n) is 19.3. The summed E-state index contributed by atoms with van der Waals surface area (Å²) in [5, 5.41) is 3.67. The molecule has 3 nitrogen and oxygen atoms in total. The molecule has 33 heavy (non-hydrogen) atoms. The second kappa shape index (κ2) is 13.2. The maximum absolute atomic E-state index is 13.3. The maximum atomic E-state index is 13.3. The van der Waals surface area contributed by atoms with Gasteiger partial charge >= 0.3 is 5.97 Å². The average Bonchev–Trinajstić information content (AvgIpc) is 2.87. The van der Waals surface area contributed by atoms with Crippen molar-refractivity contribution in [2.24, 2.45) is 5.92 Å². The fourth-order valence-corrected chi connectivity index (χ4v) is 3.79. The number of benzene rings is 3. The smallest absolute Gasteiger partial charge is 0.311 e. The Morgan fingerprint density at radius 3 is 2.18 bits per heavy atom. The summed E-state index contributed by atoms with van der Waals surface area (Å²) in [6, 6.07) is 30.1. The number of rotatable bonds is 12. The highest BCUT2D eigenvalue weighted by atomic mass is 16.5. The van der Waals surface area contributed by atoms with Gasteiger partial charge < -0.3 is 10.1 Å². The first-order valence-electron chi connectivity index (χ1n) is 11.5. The van der Waals surface area contributed by atoms with Crippen molar-refractivity contribution in [3.63, 3.8) is 0 Å². The van der Waals surface area contributed by atoms with Crippen molar-refractivity contribution >= 4 is 12.0 Å². The molecule has 0 fully saturated rings. The van der Waals surface area contributed by atoms with Crippen LogP contribution in [0, 0.1) is 5.92 Å². The predicted octanol–water partition coefficient (Wildman–Crippen LogP) is 6.75. The highest BCUT2D eigenvalue weighted by molar-refractivity contribution is 5.74. The van der Waals surface area contributed by atoms with E-state index in [1.807, 2.05) is 72.8 Å². The van der Waals surface area contributed by atoms with Crippen LogP contribution in [0.15, 0.2) is 110 Å². The maximum Gasteiger partial charge on any atom is 0.311 e. The molecule has 0 unspecified atom stereocenters. The Balaban J connectivity index is 1.82. The van der Waals surface area contributed by atoms with Crippen LogP contribution < -0.4 is 5.32 Å². The van der Waals surface area contributed by atoms with Crippen molar-refractivity contribution in [1.29, 1.82) is 0 Å².